The van der Waals surface area contributed by atoms with Gasteiger partial charge >= 0.3 is 5.97 Å². The first-order chi connectivity index (χ1) is 17.3. The number of hydrogen-bond acceptors (Lipinski definition) is 7. The number of carbonyl (C=O) groups is 4. The molecule has 1 unspecified atom stereocenters. The first-order valence-electron chi connectivity index (χ1n) is 12.1. The molecule has 9 heteroatoms. The molecular weight excluding hydrogens is 464 g/mol. The van der Waals surface area contributed by atoms with Gasteiger partial charge in [0, 0.05) is 6.92 Å². The zero-order chi connectivity index (χ0) is 25.8. The van der Waals surface area contributed by atoms with E-state index in [0.29, 0.717) is 23.7 Å². The van der Waals surface area contributed by atoms with Gasteiger partial charge in [-0.3, -0.25) is 24.1 Å². The zero-order valence-corrected chi connectivity index (χ0v) is 20.7. The number of esters is 1. The van der Waals surface area contributed by atoms with Gasteiger partial charge in [-0.1, -0.05) is 12.1 Å². The Hall–Kier alpha value is -3.88. The Balaban J connectivity index is 1.73. The molecule has 190 valence electrons. The first kappa shape index (κ1) is 25.2. The SMILES string of the molecule is CCOc1cc(C(CC(=O)OC)N2C(=O)c3cccc(NC(C)=O)c3C2=O)ccc1OC1CCCC1. The molecule has 1 fully saturated rings. The molecule has 4 rings (SSSR count). The Morgan fingerprint density at radius 2 is 1.83 bits per heavy atom. The van der Waals surface area contributed by atoms with Gasteiger partial charge in [-0.2, -0.15) is 0 Å². The van der Waals surface area contributed by atoms with Crippen LogP contribution in [0, 0.1) is 0 Å². The van der Waals surface area contributed by atoms with Gasteiger partial charge in [0.25, 0.3) is 11.8 Å². The maximum absolute atomic E-state index is 13.5. The van der Waals surface area contributed by atoms with Crippen molar-refractivity contribution in [2.45, 2.75) is 58.1 Å². The summed E-state index contributed by atoms with van der Waals surface area (Å²) in [4.78, 5) is 52.1. The summed E-state index contributed by atoms with van der Waals surface area (Å²) < 4.78 is 16.9. The normalized spacial score (nSPS) is 16.0. The lowest BCUT2D eigenvalue weighted by Crippen LogP contribution is -2.35. The molecular formula is C27H30N2O7. The van der Waals surface area contributed by atoms with E-state index in [1.54, 1.807) is 30.3 Å². The number of ether oxygens (including phenoxy) is 3. The molecule has 0 radical (unpaired) electrons. The van der Waals surface area contributed by atoms with Crippen molar-refractivity contribution in [2.24, 2.45) is 0 Å². The molecule has 2 aromatic rings. The van der Waals surface area contributed by atoms with Crippen molar-refractivity contribution in [3.8, 4) is 11.5 Å². The van der Waals surface area contributed by atoms with Crippen molar-refractivity contribution in [1.82, 2.24) is 4.90 Å². The summed E-state index contributed by atoms with van der Waals surface area (Å²) in [6.07, 6.45) is 4.06. The molecule has 1 N–H and O–H groups in total. The van der Waals surface area contributed by atoms with Crippen LogP contribution in [0.3, 0.4) is 0 Å². The number of methoxy groups -OCH3 is 1. The van der Waals surface area contributed by atoms with E-state index >= 15 is 0 Å². The van der Waals surface area contributed by atoms with Crippen molar-refractivity contribution in [3.63, 3.8) is 0 Å². The Bertz CT molecular complexity index is 1190. The third-order valence-electron chi connectivity index (χ3n) is 6.40. The number of anilines is 1. The number of nitrogens with zero attached hydrogens (tertiary/aromatic N) is 1. The smallest absolute Gasteiger partial charge is 0.307 e. The van der Waals surface area contributed by atoms with Gasteiger partial charge in [0.05, 0.1) is 49.1 Å². The van der Waals surface area contributed by atoms with Gasteiger partial charge in [0.1, 0.15) is 0 Å². The number of fused-ring (bicyclic) bond motifs is 1. The molecule has 0 saturated heterocycles. The molecule has 9 nitrogen and oxygen atoms in total. The predicted molar refractivity (Wildman–Crippen MR) is 131 cm³/mol. The van der Waals surface area contributed by atoms with E-state index in [1.807, 2.05) is 6.92 Å². The minimum Gasteiger partial charge on any atom is -0.490 e. The molecule has 1 saturated carbocycles. The standard InChI is InChI=1S/C27H30N2O7/c1-4-35-23-14-17(12-13-22(23)36-18-8-5-6-9-18)21(15-24(31)34-3)29-26(32)19-10-7-11-20(28-16(2)30)25(19)27(29)33/h7,10-14,18,21H,4-6,8-9,15H2,1-3H3,(H,28,30). The third kappa shape index (κ3) is 5.05. The number of imide groups is 1. The van der Waals surface area contributed by atoms with Gasteiger partial charge in [-0.15, -0.1) is 0 Å². The molecule has 0 spiro atoms. The van der Waals surface area contributed by atoms with Gasteiger partial charge in [0.15, 0.2) is 11.5 Å². The summed E-state index contributed by atoms with van der Waals surface area (Å²) in [6.45, 7) is 3.56. The van der Waals surface area contributed by atoms with Crippen LogP contribution in [-0.2, 0) is 14.3 Å². The molecule has 0 aromatic heterocycles. The Kier molecular flexibility index (Phi) is 7.57. The highest BCUT2D eigenvalue weighted by molar-refractivity contribution is 6.24. The molecule has 2 aromatic carbocycles. The summed E-state index contributed by atoms with van der Waals surface area (Å²) in [5.74, 6) is -1.04. The molecule has 3 amide bonds. The molecule has 1 aliphatic heterocycles. The maximum atomic E-state index is 13.5. The highest BCUT2D eigenvalue weighted by Gasteiger charge is 2.43. The zero-order valence-electron chi connectivity index (χ0n) is 20.7. The molecule has 0 bridgehead atoms. The van der Waals surface area contributed by atoms with Crippen molar-refractivity contribution in [1.29, 1.82) is 0 Å². The Labute approximate surface area is 209 Å². The van der Waals surface area contributed by atoms with Gasteiger partial charge < -0.3 is 19.5 Å². The van der Waals surface area contributed by atoms with Crippen LogP contribution in [0.5, 0.6) is 11.5 Å². The van der Waals surface area contributed by atoms with E-state index in [4.69, 9.17) is 14.2 Å². The van der Waals surface area contributed by atoms with E-state index in [0.717, 1.165) is 30.6 Å². The predicted octanol–water partition coefficient (Wildman–Crippen LogP) is 4.27. The number of nitrogens with one attached hydrogen (secondary N) is 1. The summed E-state index contributed by atoms with van der Waals surface area (Å²) in [5.41, 5.74) is 1.03. The molecule has 1 heterocycles. The van der Waals surface area contributed by atoms with Crippen molar-refractivity contribution in [3.05, 3.63) is 53.1 Å². The summed E-state index contributed by atoms with van der Waals surface area (Å²) in [5, 5.41) is 2.61. The maximum Gasteiger partial charge on any atom is 0.307 e. The minimum atomic E-state index is -0.949. The van der Waals surface area contributed by atoms with Gasteiger partial charge in [-0.05, 0) is 62.4 Å². The highest BCUT2D eigenvalue weighted by Crippen LogP contribution is 2.40. The number of amides is 3. The van der Waals surface area contributed by atoms with E-state index in [1.165, 1.54) is 20.1 Å². The topological polar surface area (TPSA) is 111 Å². The molecule has 1 aliphatic carbocycles. The van der Waals surface area contributed by atoms with Crippen LogP contribution in [0.4, 0.5) is 5.69 Å². The Morgan fingerprint density at radius 3 is 2.50 bits per heavy atom. The highest BCUT2D eigenvalue weighted by atomic mass is 16.5. The fourth-order valence-corrected chi connectivity index (χ4v) is 4.76. The second-order valence-electron chi connectivity index (χ2n) is 8.85. The van der Waals surface area contributed by atoms with E-state index < -0.39 is 23.8 Å². The average Bonchev–Trinajstić information content (AvgIpc) is 3.45. The van der Waals surface area contributed by atoms with Crippen LogP contribution >= 0.6 is 0 Å². The van der Waals surface area contributed by atoms with Crippen molar-refractivity contribution >= 4 is 29.4 Å². The van der Waals surface area contributed by atoms with Crippen LogP contribution in [0.25, 0.3) is 0 Å². The van der Waals surface area contributed by atoms with Crippen LogP contribution in [-0.4, -0.2) is 48.4 Å². The lowest BCUT2D eigenvalue weighted by molar-refractivity contribution is -0.141. The van der Waals surface area contributed by atoms with Crippen molar-refractivity contribution < 1.29 is 33.4 Å². The summed E-state index contributed by atoms with van der Waals surface area (Å²) in [7, 11) is 1.25. The number of rotatable bonds is 9. The van der Waals surface area contributed by atoms with E-state index in [2.05, 4.69) is 5.32 Å². The first-order valence-corrected chi connectivity index (χ1v) is 12.1. The summed E-state index contributed by atoms with van der Waals surface area (Å²) in [6, 6.07) is 8.93. The monoisotopic (exact) mass is 494 g/mol. The summed E-state index contributed by atoms with van der Waals surface area (Å²) >= 11 is 0. The van der Waals surface area contributed by atoms with E-state index in [-0.39, 0.29) is 35.2 Å². The largest absolute Gasteiger partial charge is 0.490 e. The van der Waals surface area contributed by atoms with Crippen molar-refractivity contribution in [2.75, 3.05) is 19.0 Å². The number of carbonyl (C=O) groups excluding carboxylic acids is 4. The Morgan fingerprint density at radius 1 is 1.08 bits per heavy atom. The average molecular weight is 495 g/mol. The van der Waals surface area contributed by atoms with E-state index in [9.17, 15) is 19.2 Å². The quantitative estimate of drug-likeness (QED) is 0.409. The van der Waals surface area contributed by atoms with Crippen LogP contribution in [0.1, 0.15) is 78.3 Å². The minimum absolute atomic E-state index is 0.0961. The second-order valence-corrected chi connectivity index (χ2v) is 8.85. The lowest BCUT2D eigenvalue weighted by Gasteiger charge is -2.27. The van der Waals surface area contributed by atoms with Crippen LogP contribution < -0.4 is 14.8 Å². The molecule has 1 atom stereocenters. The second kappa shape index (κ2) is 10.8. The lowest BCUT2D eigenvalue weighted by atomic mass is 10.0. The van der Waals surface area contributed by atoms with Crippen LogP contribution in [0.2, 0.25) is 0 Å². The van der Waals surface area contributed by atoms with Gasteiger partial charge in [0.2, 0.25) is 5.91 Å². The molecule has 2 aliphatic rings. The fraction of sp³-hybridized carbons (Fsp3) is 0.407. The molecule has 36 heavy (non-hydrogen) atoms. The van der Waals surface area contributed by atoms with Crippen LogP contribution in [0.15, 0.2) is 36.4 Å². The van der Waals surface area contributed by atoms with Gasteiger partial charge in [-0.25, -0.2) is 0 Å². The third-order valence-corrected chi connectivity index (χ3v) is 6.40. The number of benzene rings is 2. The fourth-order valence-electron chi connectivity index (χ4n) is 4.76. The number of hydrogen-bond donors (Lipinski definition) is 1.